The van der Waals surface area contributed by atoms with E-state index in [0.29, 0.717) is 45.4 Å². The van der Waals surface area contributed by atoms with Gasteiger partial charge in [-0.25, -0.2) is 0 Å². The van der Waals surface area contributed by atoms with Crippen LogP contribution in [-0.4, -0.2) is 15.8 Å². The molecule has 0 bridgehead atoms. The maximum atomic E-state index is 13.1. The quantitative estimate of drug-likeness (QED) is 0.669. The Bertz CT molecular complexity index is 1070. The van der Waals surface area contributed by atoms with E-state index in [-0.39, 0.29) is 22.7 Å². The molecule has 0 saturated heterocycles. The highest BCUT2D eigenvalue weighted by atomic mass is 35.5. The van der Waals surface area contributed by atoms with Gasteiger partial charge in [0.2, 0.25) is 5.95 Å². The molecule has 2 heterocycles. The third-order valence-electron chi connectivity index (χ3n) is 5.02. The number of anilines is 2. The number of carbonyl (C=O) groups excluding carboxylic acids is 1. The van der Waals surface area contributed by atoms with Gasteiger partial charge in [-0.1, -0.05) is 43.1 Å². The van der Waals surface area contributed by atoms with E-state index in [1.165, 1.54) is 0 Å². The fourth-order valence-corrected chi connectivity index (χ4v) is 4.26. The minimum atomic E-state index is -0.577. The smallest absolute Gasteiger partial charge is 0.258 e. The van der Waals surface area contributed by atoms with Crippen LogP contribution in [0.1, 0.15) is 43.7 Å². The normalized spacial score (nSPS) is 20.7. The van der Waals surface area contributed by atoms with Crippen molar-refractivity contribution in [3.8, 4) is 0 Å². The number of benzene rings is 1. The van der Waals surface area contributed by atoms with Gasteiger partial charge in [0.15, 0.2) is 5.78 Å². The summed E-state index contributed by atoms with van der Waals surface area (Å²) in [6.07, 6.45) is 1.07. The molecule has 1 unspecified atom stereocenters. The van der Waals surface area contributed by atoms with Crippen LogP contribution in [0.2, 0.25) is 10.0 Å². The van der Waals surface area contributed by atoms with Crippen LogP contribution in [0.25, 0.3) is 0 Å². The molecule has 140 valence electrons. The molecule has 4 rings (SSSR count). The van der Waals surface area contributed by atoms with E-state index in [1.807, 2.05) is 13.8 Å². The number of nitrogens with two attached hydrogens (primary N) is 1. The van der Waals surface area contributed by atoms with Crippen LogP contribution in [0.4, 0.5) is 11.8 Å². The lowest BCUT2D eigenvalue weighted by Crippen LogP contribution is -2.37. The summed E-state index contributed by atoms with van der Waals surface area (Å²) in [5.41, 5.74) is 7.59. The van der Waals surface area contributed by atoms with E-state index in [9.17, 15) is 9.59 Å². The summed E-state index contributed by atoms with van der Waals surface area (Å²) in [5, 5.41) is 3.95. The van der Waals surface area contributed by atoms with Crippen molar-refractivity contribution in [2.75, 3.05) is 11.1 Å². The van der Waals surface area contributed by atoms with E-state index in [0.717, 1.165) is 5.70 Å². The maximum Gasteiger partial charge on any atom is 0.258 e. The second kappa shape index (κ2) is 6.11. The van der Waals surface area contributed by atoms with Gasteiger partial charge in [0.25, 0.3) is 5.56 Å². The zero-order chi connectivity index (χ0) is 19.5. The molecular formula is C19H18Cl2N4O2. The second-order valence-corrected chi connectivity index (χ2v) is 8.59. The van der Waals surface area contributed by atoms with E-state index in [2.05, 4.69) is 15.3 Å². The van der Waals surface area contributed by atoms with Crippen molar-refractivity contribution < 1.29 is 4.79 Å². The Labute approximate surface area is 165 Å². The van der Waals surface area contributed by atoms with Gasteiger partial charge in [-0.15, -0.1) is 0 Å². The van der Waals surface area contributed by atoms with Crippen LogP contribution in [0.5, 0.6) is 0 Å². The average Bonchev–Trinajstić information content (AvgIpc) is 2.54. The van der Waals surface area contributed by atoms with E-state index < -0.39 is 5.92 Å². The van der Waals surface area contributed by atoms with Gasteiger partial charge in [-0.05, 0) is 29.5 Å². The topological polar surface area (TPSA) is 101 Å². The molecule has 1 aliphatic heterocycles. The number of ketones is 1. The predicted molar refractivity (Wildman–Crippen MR) is 106 cm³/mol. The zero-order valence-corrected chi connectivity index (χ0v) is 16.3. The molecule has 0 amide bonds. The summed E-state index contributed by atoms with van der Waals surface area (Å²) in [4.78, 5) is 32.6. The standard InChI is InChI=1S/C19H18Cl2N4O2/c1-19(2)6-11-14(12(26)7-19)13(8-3-4-9(20)10(21)5-8)15-16(23-11)24-18(22)25-17(15)27/h3-5,13H,6-7H2,1-2H3,(H4,22,23,24,25,27). The summed E-state index contributed by atoms with van der Waals surface area (Å²) in [6, 6.07) is 5.13. The first kappa shape index (κ1) is 18.1. The zero-order valence-electron chi connectivity index (χ0n) is 14.8. The highest BCUT2D eigenvalue weighted by Crippen LogP contribution is 2.48. The Morgan fingerprint density at radius 3 is 2.63 bits per heavy atom. The van der Waals surface area contributed by atoms with E-state index in [1.54, 1.807) is 18.2 Å². The van der Waals surface area contributed by atoms with Gasteiger partial charge in [-0.3, -0.25) is 14.6 Å². The summed E-state index contributed by atoms with van der Waals surface area (Å²) in [5.74, 6) is -0.181. The molecule has 0 spiro atoms. The summed E-state index contributed by atoms with van der Waals surface area (Å²) >= 11 is 12.3. The van der Waals surface area contributed by atoms with Gasteiger partial charge in [0.05, 0.1) is 15.6 Å². The number of nitrogen functional groups attached to an aromatic ring is 1. The van der Waals surface area contributed by atoms with Gasteiger partial charge in [0.1, 0.15) is 5.82 Å². The summed E-state index contributed by atoms with van der Waals surface area (Å²) < 4.78 is 0. The van der Waals surface area contributed by atoms with Crippen LogP contribution >= 0.6 is 23.2 Å². The number of Topliss-reactive ketones (excluding diaryl/α,β-unsaturated/α-hetero) is 1. The fraction of sp³-hybridized carbons (Fsp3) is 0.316. The van der Waals surface area contributed by atoms with Crippen molar-refractivity contribution in [1.82, 2.24) is 9.97 Å². The maximum absolute atomic E-state index is 13.1. The molecule has 8 heteroatoms. The number of hydrogen-bond acceptors (Lipinski definition) is 5. The first-order valence-corrected chi connectivity index (χ1v) is 9.30. The molecule has 0 radical (unpaired) electrons. The Morgan fingerprint density at radius 1 is 1.19 bits per heavy atom. The molecule has 2 aromatic rings. The minimum absolute atomic E-state index is 0.00620. The van der Waals surface area contributed by atoms with Crippen molar-refractivity contribution in [1.29, 1.82) is 0 Å². The number of nitrogens with zero attached hydrogens (tertiary/aromatic N) is 1. The average molecular weight is 405 g/mol. The number of H-pyrrole nitrogens is 1. The SMILES string of the molecule is CC1(C)CC(=O)C2=C(C1)Nc1nc(N)[nH]c(=O)c1C2c1ccc(Cl)c(Cl)c1. The molecule has 1 aliphatic carbocycles. The highest BCUT2D eigenvalue weighted by molar-refractivity contribution is 6.42. The Hall–Kier alpha value is -2.31. The van der Waals surface area contributed by atoms with Crippen LogP contribution in [-0.2, 0) is 4.79 Å². The van der Waals surface area contributed by atoms with Crippen LogP contribution < -0.4 is 16.6 Å². The molecule has 1 atom stereocenters. The van der Waals surface area contributed by atoms with E-state index in [4.69, 9.17) is 28.9 Å². The number of aromatic nitrogens is 2. The lowest BCUT2D eigenvalue weighted by molar-refractivity contribution is -0.118. The first-order valence-electron chi connectivity index (χ1n) is 8.54. The number of carbonyl (C=O) groups is 1. The number of halogens is 2. The Kier molecular flexibility index (Phi) is 4.09. The van der Waals surface area contributed by atoms with Gasteiger partial charge in [0, 0.05) is 23.6 Å². The molecule has 1 aromatic carbocycles. The number of allylic oxidation sites excluding steroid dienone is 2. The van der Waals surface area contributed by atoms with Crippen molar-refractivity contribution in [2.45, 2.75) is 32.6 Å². The van der Waals surface area contributed by atoms with Gasteiger partial charge in [-0.2, -0.15) is 4.98 Å². The fourth-order valence-electron chi connectivity index (χ4n) is 3.96. The van der Waals surface area contributed by atoms with Crippen LogP contribution in [0, 0.1) is 5.41 Å². The summed E-state index contributed by atoms with van der Waals surface area (Å²) in [7, 11) is 0. The monoisotopic (exact) mass is 404 g/mol. The molecule has 0 fully saturated rings. The van der Waals surface area contributed by atoms with Crippen molar-refractivity contribution in [3.05, 3.63) is 61.0 Å². The third kappa shape index (κ3) is 3.03. The largest absolute Gasteiger partial charge is 0.369 e. The third-order valence-corrected chi connectivity index (χ3v) is 5.76. The Balaban J connectivity index is 2.00. The van der Waals surface area contributed by atoms with Crippen LogP contribution in [0.3, 0.4) is 0 Å². The second-order valence-electron chi connectivity index (χ2n) is 7.78. The molecule has 2 aliphatic rings. The number of fused-ring (bicyclic) bond motifs is 1. The van der Waals surface area contributed by atoms with E-state index >= 15 is 0 Å². The lowest BCUT2D eigenvalue weighted by atomic mass is 9.69. The minimum Gasteiger partial charge on any atom is -0.369 e. The number of rotatable bonds is 1. The number of hydrogen-bond donors (Lipinski definition) is 3. The number of nitrogens with one attached hydrogen (secondary N) is 2. The molecule has 1 aromatic heterocycles. The van der Waals surface area contributed by atoms with Gasteiger partial charge >= 0.3 is 0 Å². The number of aromatic amines is 1. The molecule has 0 saturated carbocycles. The summed E-state index contributed by atoms with van der Waals surface area (Å²) in [6.45, 7) is 4.08. The van der Waals surface area contributed by atoms with Crippen LogP contribution in [0.15, 0.2) is 34.3 Å². The molecule has 6 nitrogen and oxygen atoms in total. The predicted octanol–water partition coefficient (Wildman–Crippen LogP) is 3.86. The highest BCUT2D eigenvalue weighted by Gasteiger charge is 2.42. The molecule has 27 heavy (non-hydrogen) atoms. The van der Waals surface area contributed by atoms with Gasteiger partial charge < -0.3 is 11.1 Å². The molecule has 4 N–H and O–H groups in total. The molecular weight excluding hydrogens is 387 g/mol. The van der Waals surface area contributed by atoms with Crippen molar-refractivity contribution in [2.24, 2.45) is 5.41 Å². The van der Waals surface area contributed by atoms with Crippen molar-refractivity contribution in [3.63, 3.8) is 0 Å². The van der Waals surface area contributed by atoms with Crippen molar-refractivity contribution >= 4 is 40.8 Å². The Morgan fingerprint density at radius 2 is 1.93 bits per heavy atom. The first-order chi connectivity index (χ1) is 12.7. The lowest BCUT2D eigenvalue weighted by Gasteiger charge is -2.38.